The molecule has 1 aromatic heterocycles. The van der Waals surface area contributed by atoms with Gasteiger partial charge in [0, 0.05) is 17.7 Å². The highest BCUT2D eigenvalue weighted by atomic mass is 16.1. The van der Waals surface area contributed by atoms with Crippen LogP contribution in [0.4, 0.5) is 5.69 Å². The van der Waals surface area contributed by atoms with Gasteiger partial charge in [-0.2, -0.15) is 5.10 Å². The molecule has 4 nitrogen and oxygen atoms in total. The number of aromatic nitrogens is 2. The molecule has 0 spiro atoms. The van der Waals surface area contributed by atoms with Crippen LogP contribution in [0.2, 0.25) is 0 Å². The fourth-order valence-electron chi connectivity index (χ4n) is 2.20. The van der Waals surface area contributed by atoms with Crippen LogP contribution in [-0.2, 0) is 6.42 Å². The van der Waals surface area contributed by atoms with Gasteiger partial charge in [-0.05, 0) is 12.8 Å². The number of anilines is 1. The first-order valence-electron chi connectivity index (χ1n) is 9.68. The van der Waals surface area contributed by atoms with E-state index in [2.05, 4.69) is 29.4 Å². The Labute approximate surface area is 153 Å². The van der Waals surface area contributed by atoms with Crippen molar-refractivity contribution in [2.45, 2.75) is 67.2 Å². The average Bonchev–Trinajstić information content (AvgIpc) is 2.72. The molecule has 2 N–H and O–H groups in total. The zero-order valence-electron chi connectivity index (χ0n) is 16.8. The van der Waals surface area contributed by atoms with Crippen LogP contribution in [-0.4, -0.2) is 16.7 Å². The molecule has 0 radical (unpaired) electrons. The molecule has 0 aliphatic carbocycles. The van der Waals surface area contributed by atoms with Gasteiger partial charge >= 0.3 is 0 Å². The van der Waals surface area contributed by atoms with Gasteiger partial charge in [-0.25, -0.2) is 5.10 Å². The Hall–Kier alpha value is -2.10. The third kappa shape index (κ3) is 7.12. The van der Waals surface area contributed by atoms with Gasteiger partial charge in [0.1, 0.15) is 5.69 Å². The lowest BCUT2D eigenvalue weighted by molar-refractivity contribution is 0.799. The summed E-state index contributed by atoms with van der Waals surface area (Å²) in [7, 11) is 0. The summed E-state index contributed by atoms with van der Waals surface area (Å²) in [5, 5.41) is 10.0. The maximum absolute atomic E-state index is 11.7. The number of nitrogens with zero attached hydrogens (tertiary/aromatic N) is 1. The van der Waals surface area contributed by atoms with Crippen molar-refractivity contribution in [1.82, 2.24) is 10.2 Å². The molecular weight excluding hydrogens is 310 g/mol. The first-order chi connectivity index (χ1) is 12.3. The molecule has 2 aromatic rings. The number of benzene rings is 1. The molecule has 1 aromatic carbocycles. The lowest BCUT2D eigenvalue weighted by Gasteiger charge is -2.19. The highest BCUT2D eigenvalue weighted by Crippen LogP contribution is 2.29. The minimum absolute atomic E-state index is 0.0770. The molecule has 25 heavy (non-hydrogen) atoms. The van der Waals surface area contributed by atoms with E-state index in [-0.39, 0.29) is 5.56 Å². The van der Waals surface area contributed by atoms with Crippen molar-refractivity contribution in [2.75, 3.05) is 11.9 Å². The second-order valence-corrected chi connectivity index (χ2v) is 5.15. The largest absolute Gasteiger partial charge is 0.383 e. The summed E-state index contributed by atoms with van der Waals surface area (Å²) in [5.74, 6) is 0. The van der Waals surface area contributed by atoms with E-state index in [0.717, 1.165) is 41.9 Å². The van der Waals surface area contributed by atoms with Gasteiger partial charge in [0.05, 0.1) is 5.69 Å². The van der Waals surface area contributed by atoms with E-state index in [1.807, 2.05) is 58.0 Å². The quantitative estimate of drug-likeness (QED) is 0.739. The van der Waals surface area contributed by atoms with Crippen LogP contribution in [0.1, 0.15) is 66.4 Å². The SMILES string of the molecule is CC.CC.CCCC.O=c1[nH]nc(-c2ccccc2)c2c1CCCN2. The summed E-state index contributed by atoms with van der Waals surface area (Å²) in [6.07, 6.45) is 4.45. The summed E-state index contributed by atoms with van der Waals surface area (Å²) in [6, 6.07) is 9.90. The van der Waals surface area contributed by atoms with E-state index < -0.39 is 0 Å². The Morgan fingerprint density at radius 1 is 1.00 bits per heavy atom. The van der Waals surface area contributed by atoms with Gasteiger partial charge in [-0.15, -0.1) is 0 Å². The molecule has 3 rings (SSSR count). The van der Waals surface area contributed by atoms with Crippen molar-refractivity contribution in [1.29, 1.82) is 0 Å². The predicted octanol–water partition coefficient (Wildman–Crippen LogP) is 5.65. The maximum atomic E-state index is 11.7. The Kier molecular flexibility index (Phi) is 13.1. The van der Waals surface area contributed by atoms with Crippen LogP contribution in [0.15, 0.2) is 35.1 Å². The van der Waals surface area contributed by atoms with Gasteiger partial charge < -0.3 is 5.32 Å². The van der Waals surface area contributed by atoms with E-state index in [1.54, 1.807) is 0 Å². The summed E-state index contributed by atoms with van der Waals surface area (Å²) in [6.45, 7) is 13.3. The molecule has 0 atom stereocenters. The van der Waals surface area contributed by atoms with Crippen LogP contribution in [0.3, 0.4) is 0 Å². The van der Waals surface area contributed by atoms with Crippen molar-refractivity contribution in [2.24, 2.45) is 0 Å². The molecule has 0 saturated carbocycles. The lowest BCUT2D eigenvalue weighted by atomic mass is 10.0. The summed E-state index contributed by atoms with van der Waals surface area (Å²) in [5.41, 5.74) is 3.50. The molecule has 0 unspecified atom stereocenters. The minimum Gasteiger partial charge on any atom is -0.383 e. The second-order valence-electron chi connectivity index (χ2n) is 5.15. The fourth-order valence-corrected chi connectivity index (χ4v) is 2.20. The normalized spacial score (nSPS) is 11.1. The molecule has 2 heterocycles. The first kappa shape index (κ1) is 22.9. The number of H-pyrrole nitrogens is 1. The fraction of sp³-hybridized carbons (Fsp3) is 0.524. The van der Waals surface area contributed by atoms with Crippen LogP contribution < -0.4 is 10.9 Å². The van der Waals surface area contributed by atoms with Crippen molar-refractivity contribution < 1.29 is 0 Å². The van der Waals surface area contributed by atoms with Crippen LogP contribution in [0.25, 0.3) is 11.3 Å². The van der Waals surface area contributed by atoms with Crippen molar-refractivity contribution in [3.63, 3.8) is 0 Å². The van der Waals surface area contributed by atoms with Crippen molar-refractivity contribution in [3.8, 4) is 11.3 Å². The number of hydrogen-bond donors (Lipinski definition) is 2. The Balaban J connectivity index is 0.000000625. The average molecular weight is 346 g/mol. The van der Waals surface area contributed by atoms with Crippen LogP contribution >= 0.6 is 0 Å². The smallest absolute Gasteiger partial charge is 0.269 e. The number of nitrogens with one attached hydrogen (secondary N) is 2. The van der Waals surface area contributed by atoms with E-state index in [4.69, 9.17) is 0 Å². The Morgan fingerprint density at radius 2 is 1.60 bits per heavy atom. The number of hydrogen-bond acceptors (Lipinski definition) is 3. The topological polar surface area (TPSA) is 57.8 Å². The molecule has 0 fully saturated rings. The highest BCUT2D eigenvalue weighted by Gasteiger charge is 2.18. The third-order valence-corrected chi connectivity index (χ3v) is 3.53. The van der Waals surface area contributed by atoms with E-state index in [9.17, 15) is 4.79 Å². The van der Waals surface area contributed by atoms with E-state index in [0.29, 0.717) is 0 Å². The molecule has 0 amide bonds. The van der Waals surface area contributed by atoms with Crippen LogP contribution in [0.5, 0.6) is 0 Å². The third-order valence-electron chi connectivity index (χ3n) is 3.53. The molecule has 4 heteroatoms. The molecular formula is C21H35N3O. The van der Waals surface area contributed by atoms with Gasteiger partial charge in [0.25, 0.3) is 5.56 Å². The zero-order chi connectivity index (χ0) is 19.1. The van der Waals surface area contributed by atoms with Gasteiger partial charge in [-0.1, -0.05) is 84.7 Å². The van der Waals surface area contributed by atoms with Gasteiger partial charge in [0.15, 0.2) is 0 Å². The summed E-state index contributed by atoms with van der Waals surface area (Å²) in [4.78, 5) is 11.7. The summed E-state index contributed by atoms with van der Waals surface area (Å²) >= 11 is 0. The molecule has 140 valence electrons. The molecule has 0 bridgehead atoms. The molecule has 1 aliphatic rings. The highest BCUT2D eigenvalue weighted by molar-refractivity contribution is 5.76. The number of rotatable bonds is 2. The predicted molar refractivity (Wildman–Crippen MR) is 110 cm³/mol. The van der Waals surface area contributed by atoms with E-state index >= 15 is 0 Å². The van der Waals surface area contributed by atoms with Crippen LogP contribution in [0, 0.1) is 0 Å². The molecule has 0 saturated heterocycles. The lowest BCUT2D eigenvalue weighted by Crippen LogP contribution is -2.24. The Bertz CT molecular complexity index is 619. The number of fused-ring (bicyclic) bond motifs is 1. The second kappa shape index (κ2) is 14.3. The van der Waals surface area contributed by atoms with E-state index in [1.165, 1.54) is 12.8 Å². The van der Waals surface area contributed by atoms with Crippen molar-refractivity contribution >= 4 is 5.69 Å². The number of unbranched alkanes of at least 4 members (excludes halogenated alkanes) is 1. The maximum Gasteiger partial charge on any atom is 0.269 e. The first-order valence-corrected chi connectivity index (χ1v) is 9.68. The molecule has 1 aliphatic heterocycles. The van der Waals surface area contributed by atoms with Gasteiger partial charge in [0.2, 0.25) is 0 Å². The summed E-state index contributed by atoms with van der Waals surface area (Å²) < 4.78 is 0. The van der Waals surface area contributed by atoms with Crippen molar-refractivity contribution in [3.05, 3.63) is 46.2 Å². The zero-order valence-corrected chi connectivity index (χ0v) is 16.8. The monoisotopic (exact) mass is 345 g/mol. The minimum atomic E-state index is -0.0770. The Morgan fingerprint density at radius 3 is 2.16 bits per heavy atom. The standard InChI is InChI=1S/C13H13N3O.C4H10.2C2H6/c17-13-10-7-4-8-14-12(10)11(15-16-13)9-5-2-1-3-6-9;1-3-4-2;2*1-2/h1-3,5-6,14H,4,7-8H2,(H,16,17);3-4H2,1-2H3;2*1-2H3. The number of aromatic amines is 1. The van der Waals surface area contributed by atoms with Gasteiger partial charge in [-0.3, -0.25) is 4.79 Å².